The van der Waals surface area contributed by atoms with Gasteiger partial charge in [-0.3, -0.25) is 9.69 Å². The molecule has 9 nitrogen and oxygen atoms in total. The minimum Gasteiger partial charge on any atom is -0.496 e. The van der Waals surface area contributed by atoms with Crippen molar-refractivity contribution in [2.75, 3.05) is 52.2 Å². The molecule has 0 aromatic heterocycles. The number of nitrogens with two attached hydrogens (primary N) is 1. The lowest BCUT2D eigenvalue weighted by atomic mass is 9.95. The van der Waals surface area contributed by atoms with Gasteiger partial charge in [-0.1, -0.05) is 53.7 Å². The predicted octanol–water partition coefficient (Wildman–Crippen LogP) is 6.49. The molecule has 12 heteroatoms. The first-order chi connectivity index (χ1) is 20.1. The smallest absolute Gasteiger partial charge is 0.411 e. The minimum atomic E-state index is -1.04. The van der Waals surface area contributed by atoms with Crippen LogP contribution in [-0.2, 0) is 4.74 Å². The maximum absolute atomic E-state index is 13.3. The highest BCUT2D eigenvalue weighted by molar-refractivity contribution is 6.42. The first-order valence-electron chi connectivity index (χ1n) is 14.3. The number of amides is 2. The zero-order valence-electron chi connectivity index (χ0n) is 24.1. The topological polar surface area (TPSA) is 106 Å². The van der Waals surface area contributed by atoms with Crippen molar-refractivity contribution in [1.29, 1.82) is 0 Å². The molecule has 2 aromatic rings. The van der Waals surface area contributed by atoms with Crippen LogP contribution in [0.25, 0.3) is 0 Å². The molecule has 2 aliphatic rings. The third-order valence-corrected chi connectivity index (χ3v) is 9.11. The van der Waals surface area contributed by atoms with E-state index < -0.39 is 5.72 Å². The average Bonchev–Trinajstić information content (AvgIpc) is 3.28. The molecule has 3 N–H and O–H groups in total. The van der Waals surface area contributed by atoms with Crippen LogP contribution in [0.15, 0.2) is 30.3 Å². The van der Waals surface area contributed by atoms with Crippen molar-refractivity contribution in [2.45, 2.75) is 51.2 Å². The Kier molecular flexibility index (Phi) is 11.3. The predicted molar refractivity (Wildman–Crippen MR) is 166 cm³/mol. The van der Waals surface area contributed by atoms with E-state index in [1.54, 1.807) is 29.2 Å². The van der Waals surface area contributed by atoms with Gasteiger partial charge in [0.25, 0.3) is 5.91 Å². The first-order valence-corrected chi connectivity index (χ1v) is 15.5. The van der Waals surface area contributed by atoms with Crippen LogP contribution in [0.1, 0.15) is 55.8 Å². The highest BCUT2D eigenvalue weighted by Crippen LogP contribution is 2.34. The van der Waals surface area contributed by atoms with E-state index in [1.165, 1.54) is 13.2 Å². The molecule has 1 unspecified atom stereocenters. The molecule has 1 atom stereocenters. The summed E-state index contributed by atoms with van der Waals surface area (Å²) in [5.74, 6) is 0.747. The molecular weight excluding hydrogens is 603 g/mol. The van der Waals surface area contributed by atoms with Gasteiger partial charge in [-0.25, -0.2) is 4.79 Å². The highest BCUT2D eigenvalue weighted by Gasteiger charge is 2.40. The molecule has 2 saturated heterocycles. The molecule has 2 heterocycles. The molecule has 0 saturated carbocycles. The number of likely N-dealkylation sites (tertiary alicyclic amines) is 2. The summed E-state index contributed by atoms with van der Waals surface area (Å²) in [5, 5.41) is 4.00. The zero-order chi connectivity index (χ0) is 30.3. The van der Waals surface area contributed by atoms with E-state index in [2.05, 4.69) is 10.2 Å². The van der Waals surface area contributed by atoms with Gasteiger partial charge in [0.15, 0.2) is 5.72 Å². The van der Waals surface area contributed by atoms with E-state index in [0.717, 1.165) is 38.5 Å². The molecule has 0 spiro atoms. The van der Waals surface area contributed by atoms with Crippen LogP contribution in [-0.4, -0.2) is 74.0 Å². The van der Waals surface area contributed by atoms with Crippen LogP contribution in [0.5, 0.6) is 11.5 Å². The van der Waals surface area contributed by atoms with Crippen LogP contribution >= 0.6 is 34.8 Å². The van der Waals surface area contributed by atoms with Gasteiger partial charge in [-0.15, -0.1) is 0 Å². The van der Waals surface area contributed by atoms with E-state index in [0.29, 0.717) is 70.5 Å². The number of piperidine rings is 1. The van der Waals surface area contributed by atoms with Crippen molar-refractivity contribution < 1.29 is 23.8 Å². The molecule has 2 aliphatic heterocycles. The van der Waals surface area contributed by atoms with Crippen LogP contribution in [0.4, 0.5) is 10.5 Å². The fourth-order valence-electron chi connectivity index (χ4n) is 5.36. The van der Waals surface area contributed by atoms with Gasteiger partial charge in [-0.2, -0.15) is 0 Å². The second-order valence-corrected chi connectivity index (χ2v) is 12.2. The fourth-order valence-corrected chi connectivity index (χ4v) is 5.87. The molecule has 0 radical (unpaired) electrons. The Balaban J connectivity index is 1.40. The van der Waals surface area contributed by atoms with Crippen molar-refractivity contribution in [2.24, 2.45) is 5.92 Å². The van der Waals surface area contributed by atoms with Gasteiger partial charge in [0, 0.05) is 38.8 Å². The quantitative estimate of drug-likeness (QED) is 0.302. The monoisotopic (exact) mass is 640 g/mol. The molecule has 2 amide bonds. The van der Waals surface area contributed by atoms with Crippen molar-refractivity contribution in [1.82, 2.24) is 15.1 Å². The van der Waals surface area contributed by atoms with Crippen molar-refractivity contribution >= 4 is 52.5 Å². The standard InChI is InChI=1S/C30H39Cl3N4O5/c1-30(19-41-25-9-7-8-22(31)27(25)33,42-29(39)36-12-5-3-4-6-13-36)37-14-10-20(11-15-37)18-35-28(38)21-16-23(32)24(34)17-26(21)40-2/h7-9,16-17,20H,3-6,10-15,18-19,34H2,1-2H3,(H,35,38). The minimum absolute atomic E-state index is 0.0751. The second-order valence-electron chi connectivity index (χ2n) is 11.0. The van der Waals surface area contributed by atoms with Gasteiger partial charge in [0.1, 0.15) is 23.1 Å². The number of nitrogen functional groups attached to an aromatic ring is 1. The van der Waals surface area contributed by atoms with Crippen molar-refractivity contribution in [3.05, 3.63) is 51.0 Å². The van der Waals surface area contributed by atoms with Gasteiger partial charge < -0.3 is 30.2 Å². The van der Waals surface area contributed by atoms with Crippen molar-refractivity contribution in [3.63, 3.8) is 0 Å². The largest absolute Gasteiger partial charge is 0.496 e. The highest BCUT2D eigenvalue weighted by atomic mass is 35.5. The number of halogens is 3. The van der Waals surface area contributed by atoms with Gasteiger partial charge >= 0.3 is 6.09 Å². The molecule has 0 aliphatic carbocycles. The Hall–Kier alpha value is -2.59. The van der Waals surface area contributed by atoms with Crippen LogP contribution < -0.4 is 20.5 Å². The number of nitrogens with one attached hydrogen (secondary N) is 1. The summed E-state index contributed by atoms with van der Waals surface area (Å²) >= 11 is 18.7. The Morgan fingerprint density at radius 1 is 1.00 bits per heavy atom. The number of anilines is 1. The summed E-state index contributed by atoms with van der Waals surface area (Å²) in [4.78, 5) is 30.2. The van der Waals surface area contributed by atoms with E-state index >= 15 is 0 Å². The van der Waals surface area contributed by atoms with Crippen LogP contribution in [0.3, 0.4) is 0 Å². The maximum atomic E-state index is 13.3. The van der Waals surface area contributed by atoms with Gasteiger partial charge in [-0.05, 0) is 56.7 Å². The summed E-state index contributed by atoms with van der Waals surface area (Å²) in [5.41, 5.74) is 5.48. The maximum Gasteiger partial charge on any atom is 0.411 e. The fraction of sp³-hybridized carbons (Fsp3) is 0.533. The van der Waals surface area contributed by atoms with Gasteiger partial charge in [0.05, 0.1) is 28.4 Å². The zero-order valence-corrected chi connectivity index (χ0v) is 26.4. The normalized spacial score (nSPS) is 18.1. The van der Waals surface area contributed by atoms with E-state index in [-0.39, 0.29) is 24.5 Å². The van der Waals surface area contributed by atoms with Crippen LogP contribution in [0.2, 0.25) is 15.1 Å². The summed E-state index contributed by atoms with van der Waals surface area (Å²) in [6, 6.07) is 8.25. The number of rotatable bonds is 9. The third-order valence-electron chi connectivity index (χ3n) is 7.98. The molecule has 2 aromatic carbocycles. The Morgan fingerprint density at radius 3 is 2.36 bits per heavy atom. The summed E-state index contributed by atoms with van der Waals surface area (Å²) in [7, 11) is 1.48. The molecule has 4 rings (SSSR count). The number of benzene rings is 2. The number of hydrogen-bond donors (Lipinski definition) is 2. The Labute approximate surface area is 262 Å². The van der Waals surface area contributed by atoms with E-state index in [9.17, 15) is 9.59 Å². The Morgan fingerprint density at radius 2 is 1.69 bits per heavy atom. The number of methoxy groups -OCH3 is 1. The Bertz CT molecular complexity index is 1250. The molecular formula is C30H39Cl3N4O5. The number of ether oxygens (including phenoxy) is 3. The number of nitrogens with zero attached hydrogens (tertiary/aromatic N) is 2. The van der Waals surface area contributed by atoms with Crippen molar-refractivity contribution in [3.8, 4) is 11.5 Å². The van der Waals surface area contributed by atoms with Crippen LogP contribution in [0, 0.1) is 5.92 Å². The molecule has 0 bridgehead atoms. The molecule has 2 fully saturated rings. The summed E-state index contributed by atoms with van der Waals surface area (Å²) < 4.78 is 17.6. The lowest BCUT2D eigenvalue weighted by Crippen LogP contribution is -2.58. The lowest BCUT2D eigenvalue weighted by Gasteiger charge is -2.44. The summed E-state index contributed by atoms with van der Waals surface area (Å²) in [6.07, 6.45) is 5.38. The number of carbonyl (C=O) groups is 2. The molecule has 230 valence electrons. The number of hydrogen-bond acceptors (Lipinski definition) is 7. The van der Waals surface area contributed by atoms with E-state index in [4.69, 9.17) is 54.7 Å². The average molecular weight is 642 g/mol. The third kappa shape index (κ3) is 8.07. The SMILES string of the molecule is COc1cc(N)c(Cl)cc1C(=O)NCC1CCN(C(C)(COc2cccc(Cl)c2Cl)OC(=O)N2CCCCCC2)CC1. The van der Waals surface area contributed by atoms with E-state index in [1.807, 2.05) is 6.92 Å². The first kappa shape index (κ1) is 32.3. The second kappa shape index (κ2) is 14.7. The molecule has 42 heavy (non-hydrogen) atoms. The number of carbonyl (C=O) groups excluding carboxylic acids is 2. The summed E-state index contributed by atoms with van der Waals surface area (Å²) in [6.45, 7) is 5.09. The lowest BCUT2D eigenvalue weighted by molar-refractivity contribution is -0.139. The van der Waals surface area contributed by atoms with Gasteiger partial charge in [0.2, 0.25) is 0 Å².